The van der Waals surface area contributed by atoms with Gasteiger partial charge in [0.1, 0.15) is 11.5 Å². The van der Waals surface area contributed by atoms with Gasteiger partial charge in [0.2, 0.25) is 0 Å². The SMILES string of the molecule is CC(C)(C)N1CCC(N2CCCN(c3cccc(C(=O)NCC4CC4)n3)CC2)CC1. The first-order valence-electron chi connectivity index (χ1n) is 11.9. The molecule has 1 N–H and O–H groups in total. The van der Waals surface area contributed by atoms with Crippen molar-refractivity contribution in [2.75, 3.05) is 50.7 Å². The lowest BCUT2D eigenvalue weighted by Crippen LogP contribution is -2.51. The predicted molar refractivity (Wildman–Crippen MR) is 122 cm³/mol. The van der Waals surface area contributed by atoms with E-state index in [0.717, 1.165) is 45.0 Å². The zero-order valence-corrected chi connectivity index (χ0v) is 19.1. The fourth-order valence-corrected chi connectivity index (χ4v) is 4.81. The number of amides is 1. The summed E-state index contributed by atoms with van der Waals surface area (Å²) in [6, 6.07) is 6.56. The van der Waals surface area contributed by atoms with Crippen LogP contribution in [0.15, 0.2) is 18.2 Å². The molecule has 30 heavy (non-hydrogen) atoms. The first-order chi connectivity index (χ1) is 14.4. The molecule has 1 aliphatic carbocycles. The molecule has 2 aliphatic heterocycles. The summed E-state index contributed by atoms with van der Waals surface area (Å²) in [7, 11) is 0. The third-order valence-electron chi connectivity index (χ3n) is 7.00. The highest BCUT2D eigenvalue weighted by Crippen LogP contribution is 2.28. The number of likely N-dealkylation sites (tertiary alicyclic amines) is 1. The van der Waals surface area contributed by atoms with E-state index in [1.165, 1.54) is 38.8 Å². The summed E-state index contributed by atoms with van der Waals surface area (Å²) in [6.07, 6.45) is 6.18. The number of pyridine rings is 1. The van der Waals surface area contributed by atoms with Crippen LogP contribution in [-0.2, 0) is 0 Å². The first kappa shape index (κ1) is 21.6. The van der Waals surface area contributed by atoms with E-state index in [2.05, 4.69) is 46.9 Å². The van der Waals surface area contributed by atoms with Gasteiger partial charge in [0.25, 0.3) is 5.91 Å². The maximum absolute atomic E-state index is 12.4. The third-order valence-corrected chi connectivity index (χ3v) is 7.00. The zero-order valence-electron chi connectivity index (χ0n) is 19.1. The number of hydrogen-bond donors (Lipinski definition) is 1. The van der Waals surface area contributed by atoms with Crippen molar-refractivity contribution in [3.8, 4) is 0 Å². The van der Waals surface area contributed by atoms with Gasteiger partial charge in [-0.3, -0.25) is 14.6 Å². The number of carbonyl (C=O) groups is 1. The Morgan fingerprint density at radius 2 is 1.80 bits per heavy atom. The molecule has 3 aliphatic rings. The smallest absolute Gasteiger partial charge is 0.269 e. The predicted octanol–water partition coefficient (Wildman–Crippen LogP) is 3.00. The third kappa shape index (κ3) is 5.52. The molecule has 0 unspecified atom stereocenters. The Kier molecular flexibility index (Phi) is 6.63. The number of piperidine rings is 1. The van der Waals surface area contributed by atoms with Gasteiger partial charge in [-0.15, -0.1) is 0 Å². The molecule has 4 rings (SSSR count). The van der Waals surface area contributed by atoms with Gasteiger partial charge in [-0.2, -0.15) is 0 Å². The highest BCUT2D eigenvalue weighted by Gasteiger charge is 2.30. The van der Waals surface area contributed by atoms with Gasteiger partial charge in [0, 0.05) is 57.4 Å². The molecular weight excluding hydrogens is 374 g/mol. The number of carbonyl (C=O) groups excluding carboxylic acids is 1. The van der Waals surface area contributed by atoms with Crippen molar-refractivity contribution in [2.45, 2.75) is 64.5 Å². The fourth-order valence-electron chi connectivity index (χ4n) is 4.81. The Balaban J connectivity index is 1.31. The molecule has 0 atom stereocenters. The second-order valence-electron chi connectivity index (χ2n) is 10.3. The summed E-state index contributed by atoms with van der Waals surface area (Å²) in [5.74, 6) is 1.59. The van der Waals surface area contributed by atoms with E-state index >= 15 is 0 Å². The van der Waals surface area contributed by atoms with Gasteiger partial charge in [-0.25, -0.2) is 4.98 Å². The Hall–Kier alpha value is -1.66. The lowest BCUT2D eigenvalue weighted by Gasteiger charge is -2.43. The Labute approximate surface area is 182 Å². The van der Waals surface area contributed by atoms with E-state index in [-0.39, 0.29) is 11.4 Å². The van der Waals surface area contributed by atoms with Crippen molar-refractivity contribution >= 4 is 11.7 Å². The molecule has 2 saturated heterocycles. The van der Waals surface area contributed by atoms with E-state index < -0.39 is 0 Å². The molecule has 6 nitrogen and oxygen atoms in total. The number of hydrogen-bond acceptors (Lipinski definition) is 5. The molecule has 6 heteroatoms. The van der Waals surface area contributed by atoms with Crippen LogP contribution in [0.25, 0.3) is 0 Å². The highest BCUT2D eigenvalue weighted by atomic mass is 16.1. The maximum atomic E-state index is 12.4. The summed E-state index contributed by atoms with van der Waals surface area (Å²) < 4.78 is 0. The molecule has 0 spiro atoms. The van der Waals surface area contributed by atoms with Crippen LogP contribution in [0.5, 0.6) is 0 Å². The molecule has 1 saturated carbocycles. The number of nitrogens with one attached hydrogen (secondary N) is 1. The van der Waals surface area contributed by atoms with Crippen molar-refractivity contribution in [1.29, 1.82) is 0 Å². The number of rotatable bonds is 5. The van der Waals surface area contributed by atoms with Crippen LogP contribution in [0.4, 0.5) is 5.82 Å². The van der Waals surface area contributed by atoms with Gasteiger partial charge in [0.15, 0.2) is 0 Å². The molecule has 1 aromatic rings. The lowest BCUT2D eigenvalue weighted by atomic mass is 9.97. The average Bonchev–Trinajstić information content (AvgIpc) is 3.58. The molecule has 166 valence electrons. The minimum atomic E-state index is -0.0363. The second-order valence-corrected chi connectivity index (χ2v) is 10.3. The van der Waals surface area contributed by atoms with Gasteiger partial charge in [0.05, 0.1) is 0 Å². The van der Waals surface area contributed by atoms with Gasteiger partial charge < -0.3 is 10.2 Å². The summed E-state index contributed by atoms with van der Waals surface area (Å²) in [5.41, 5.74) is 0.825. The fraction of sp³-hybridized carbons (Fsp3) is 0.750. The number of anilines is 1. The highest BCUT2D eigenvalue weighted by molar-refractivity contribution is 5.92. The second kappa shape index (κ2) is 9.23. The van der Waals surface area contributed by atoms with Gasteiger partial charge in [-0.1, -0.05) is 6.07 Å². The van der Waals surface area contributed by atoms with E-state index in [9.17, 15) is 4.79 Å². The standard InChI is InChI=1S/C24H39N5O/c1-24(2,3)29-14-10-20(11-15-29)27-12-5-13-28(17-16-27)22-7-4-6-21(26-22)23(30)25-18-19-8-9-19/h4,6-7,19-20H,5,8-18H2,1-3H3,(H,25,30). The number of aromatic nitrogens is 1. The Bertz CT molecular complexity index is 719. The van der Waals surface area contributed by atoms with Crippen LogP contribution in [0.1, 0.15) is 63.4 Å². The summed E-state index contributed by atoms with van der Waals surface area (Å²) in [6.45, 7) is 14.4. The Morgan fingerprint density at radius 1 is 1.03 bits per heavy atom. The first-order valence-corrected chi connectivity index (χ1v) is 11.9. The van der Waals surface area contributed by atoms with Crippen molar-refractivity contribution in [2.24, 2.45) is 5.92 Å². The minimum absolute atomic E-state index is 0.0363. The van der Waals surface area contributed by atoms with Crippen molar-refractivity contribution < 1.29 is 4.79 Å². The summed E-state index contributed by atoms with van der Waals surface area (Å²) >= 11 is 0. The topological polar surface area (TPSA) is 51.7 Å². The Morgan fingerprint density at radius 3 is 2.50 bits per heavy atom. The molecular formula is C24H39N5O. The largest absolute Gasteiger partial charge is 0.355 e. The van der Waals surface area contributed by atoms with Crippen LogP contribution < -0.4 is 10.2 Å². The zero-order chi connectivity index (χ0) is 21.1. The van der Waals surface area contributed by atoms with Crippen molar-refractivity contribution in [3.05, 3.63) is 23.9 Å². The maximum Gasteiger partial charge on any atom is 0.269 e. The summed E-state index contributed by atoms with van der Waals surface area (Å²) in [5, 5.41) is 3.04. The molecule has 0 aromatic carbocycles. The summed E-state index contributed by atoms with van der Waals surface area (Å²) in [4.78, 5) is 24.8. The lowest BCUT2D eigenvalue weighted by molar-refractivity contribution is 0.0589. The van der Waals surface area contributed by atoms with Crippen molar-refractivity contribution in [3.63, 3.8) is 0 Å². The molecule has 0 radical (unpaired) electrons. The van der Waals surface area contributed by atoms with Gasteiger partial charge >= 0.3 is 0 Å². The monoisotopic (exact) mass is 413 g/mol. The van der Waals surface area contributed by atoms with E-state index in [1.54, 1.807) is 0 Å². The van der Waals surface area contributed by atoms with E-state index in [0.29, 0.717) is 17.7 Å². The van der Waals surface area contributed by atoms with Crippen LogP contribution in [-0.4, -0.2) is 78.1 Å². The van der Waals surface area contributed by atoms with Crippen LogP contribution in [0.3, 0.4) is 0 Å². The normalized spacial score (nSPS) is 22.7. The molecule has 3 heterocycles. The average molecular weight is 414 g/mol. The molecule has 0 bridgehead atoms. The molecule has 3 fully saturated rings. The van der Waals surface area contributed by atoms with Crippen LogP contribution in [0.2, 0.25) is 0 Å². The van der Waals surface area contributed by atoms with Crippen molar-refractivity contribution in [1.82, 2.24) is 20.1 Å². The van der Waals surface area contributed by atoms with Gasteiger partial charge in [-0.05, 0) is 70.9 Å². The quantitative estimate of drug-likeness (QED) is 0.804. The minimum Gasteiger partial charge on any atom is -0.355 e. The van der Waals surface area contributed by atoms with E-state index in [1.807, 2.05) is 12.1 Å². The van der Waals surface area contributed by atoms with Crippen LogP contribution >= 0.6 is 0 Å². The van der Waals surface area contributed by atoms with E-state index in [4.69, 9.17) is 4.98 Å². The van der Waals surface area contributed by atoms with Crippen LogP contribution in [0, 0.1) is 5.92 Å². The number of nitrogens with zero attached hydrogens (tertiary/aromatic N) is 4. The molecule has 1 aromatic heterocycles. The molecule has 1 amide bonds.